The second-order valence-electron chi connectivity index (χ2n) is 5.64. The molecular weight excluding hydrogens is 359 g/mol. The summed E-state index contributed by atoms with van der Waals surface area (Å²) < 4.78 is 39.8. The fourth-order valence-corrected chi connectivity index (χ4v) is 3.17. The van der Waals surface area contributed by atoms with Gasteiger partial charge in [-0.3, -0.25) is 14.7 Å². The van der Waals surface area contributed by atoms with Gasteiger partial charge in [0.15, 0.2) is 0 Å². The van der Waals surface area contributed by atoms with E-state index in [0.29, 0.717) is 10.8 Å². The normalized spacial score (nSPS) is 12.8. The molecule has 0 aliphatic carbocycles. The van der Waals surface area contributed by atoms with E-state index < -0.39 is 27.8 Å². The second kappa shape index (κ2) is 8.11. The zero-order valence-corrected chi connectivity index (χ0v) is 15.1. The van der Waals surface area contributed by atoms with Crippen LogP contribution in [0.2, 0.25) is 0 Å². The molecule has 0 fully saturated rings. The van der Waals surface area contributed by atoms with Gasteiger partial charge in [-0.1, -0.05) is 24.3 Å². The number of amides is 1. The average molecular weight is 378 g/mol. The van der Waals surface area contributed by atoms with Gasteiger partial charge >= 0.3 is 0 Å². The summed E-state index contributed by atoms with van der Waals surface area (Å²) in [7, 11) is -3.80. The SMILES string of the molecule is CC(=O)N(O)C(C)/C=C/c1ccc(NS(=O)(=O)c2ccc(F)cc2)cc1. The van der Waals surface area contributed by atoms with Gasteiger partial charge in [0.1, 0.15) is 5.82 Å². The highest BCUT2D eigenvalue weighted by molar-refractivity contribution is 7.92. The van der Waals surface area contributed by atoms with Crippen molar-refractivity contribution in [2.45, 2.75) is 24.8 Å². The molecule has 8 heteroatoms. The highest BCUT2D eigenvalue weighted by atomic mass is 32.2. The van der Waals surface area contributed by atoms with Crippen molar-refractivity contribution >= 4 is 27.7 Å². The quantitative estimate of drug-likeness (QED) is 0.597. The van der Waals surface area contributed by atoms with Gasteiger partial charge in [0, 0.05) is 12.6 Å². The van der Waals surface area contributed by atoms with Crippen LogP contribution in [0.25, 0.3) is 6.08 Å². The number of carbonyl (C=O) groups excluding carboxylic acids is 1. The average Bonchev–Trinajstić information content (AvgIpc) is 2.60. The first-order valence-electron chi connectivity index (χ1n) is 7.74. The Bertz CT molecular complexity index is 894. The number of halogens is 1. The molecule has 0 saturated carbocycles. The van der Waals surface area contributed by atoms with Gasteiger partial charge in [0.05, 0.1) is 10.9 Å². The molecule has 0 aliphatic rings. The Labute approximate surface area is 151 Å². The van der Waals surface area contributed by atoms with E-state index in [2.05, 4.69) is 4.72 Å². The third-order valence-corrected chi connectivity index (χ3v) is 4.96. The van der Waals surface area contributed by atoms with Crippen LogP contribution in [0.15, 0.2) is 59.5 Å². The highest BCUT2D eigenvalue weighted by Gasteiger charge is 2.14. The molecule has 0 aliphatic heterocycles. The second-order valence-corrected chi connectivity index (χ2v) is 7.33. The summed E-state index contributed by atoms with van der Waals surface area (Å²) in [4.78, 5) is 11.0. The fourth-order valence-electron chi connectivity index (χ4n) is 2.11. The van der Waals surface area contributed by atoms with E-state index in [4.69, 9.17) is 0 Å². The third-order valence-electron chi connectivity index (χ3n) is 3.56. The first kappa shape index (κ1) is 19.6. The van der Waals surface area contributed by atoms with Gasteiger partial charge in [0.25, 0.3) is 10.0 Å². The lowest BCUT2D eigenvalue weighted by Crippen LogP contribution is -2.32. The molecule has 0 bridgehead atoms. The molecule has 0 radical (unpaired) electrons. The van der Waals surface area contributed by atoms with Gasteiger partial charge in [0.2, 0.25) is 5.91 Å². The lowest BCUT2D eigenvalue weighted by Gasteiger charge is -2.17. The monoisotopic (exact) mass is 378 g/mol. The number of hydrogen-bond donors (Lipinski definition) is 2. The molecular formula is C18H19FN2O4S. The largest absolute Gasteiger partial charge is 0.285 e. The molecule has 138 valence electrons. The van der Waals surface area contributed by atoms with E-state index in [1.807, 2.05) is 0 Å². The lowest BCUT2D eigenvalue weighted by molar-refractivity contribution is -0.167. The fraction of sp³-hybridized carbons (Fsp3) is 0.167. The molecule has 2 aromatic rings. The zero-order valence-electron chi connectivity index (χ0n) is 14.3. The summed E-state index contributed by atoms with van der Waals surface area (Å²) in [5.41, 5.74) is 1.12. The molecule has 2 N–H and O–H groups in total. The minimum absolute atomic E-state index is 0.0380. The number of hydroxylamine groups is 2. The van der Waals surface area contributed by atoms with Crippen molar-refractivity contribution in [3.8, 4) is 0 Å². The van der Waals surface area contributed by atoms with Crippen LogP contribution in [0, 0.1) is 5.82 Å². The number of rotatable bonds is 6. The van der Waals surface area contributed by atoms with Crippen molar-refractivity contribution < 1.29 is 22.8 Å². The molecule has 6 nitrogen and oxygen atoms in total. The van der Waals surface area contributed by atoms with Crippen LogP contribution in [0.5, 0.6) is 0 Å². The molecule has 1 unspecified atom stereocenters. The molecule has 0 saturated heterocycles. The summed E-state index contributed by atoms with van der Waals surface area (Å²) in [5.74, 6) is -0.978. The van der Waals surface area contributed by atoms with E-state index >= 15 is 0 Å². The molecule has 26 heavy (non-hydrogen) atoms. The molecule has 0 aromatic heterocycles. The minimum Gasteiger partial charge on any atom is -0.285 e. The Kier molecular flexibility index (Phi) is 6.12. The number of nitrogens with one attached hydrogen (secondary N) is 1. The number of nitrogens with zero attached hydrogens (tertiary/aromatic N) is 1. The number of benzene rings is 2. The molecule has 1 amide bonds. The van der Waals surface area contributed by atoms with E-state index in [0.717, 1.165) is 17.7 Å². The first-order chi connectivity index (χ1) is 12.2. The van der Waals surface area contributed by atoms with Crippen LogP contribution in [-0.2, 0) is 14.8 Å². The topological polar surface area (TPSA) is 86.7 Å². The van der Waals surface area contributed by atoms with Crippen LogP contribution < -0.4 is 4.72 Å². The predicted molar refractivity (Wildman–Crippen MR) is 96.5 cm³/mol. The summed E-state index contributed by atoms with van der Waals surface area (Å²) in [6.07, 6.45) is 3.34. The zero-order chi connectivity index (χ0) is 19.3. The third kappa shape index (κ3) is 5.14. The van der Waals surface area contributed by atoms with Crippen LogP contribution in [0.1, 0.15) is 19.4 Å². The maximum Gasteiger partial charge on any atom is 0.261 e. The van der Waals surface area contributed by atoms with Gasteiger partial charge < -0.3 is 0 Å². The van der Waals surface area contributed by atoms with Gasteiger partial charge in [-0.15, -0.1) is 0 Å². The summed E-state index contributed by atoms with van der Waals surface area (Å²) in [6, 6.07) is 10.5. The van der Waals surface area contributed by atoms with E-state index in [9.17, 15) is 22.8 Å². The molecule has 2 aromatic carbocycles. The maximum atomic E-state index is 12.9. The predicted octanol–water partition coefficient (Wildman–Crippen LogP) is 3.27. The van der Waals surface area contributed by atoms with Crippen LogP contribution in [0.4, 0.5) is 10.1 Å². The van der Waals surface area contributed by atoms with Crippen molar-refractivity contribution in [3.63, 3.8) is 0 Å². The van der Waals surface area contributed by atoms with Crippen molar-refractivity contribution in [2.24, 2.45) is 0 Å². The Morgan fingerprint density at radius 1 is 1.15 bits per heavy atom. The van der Waals surface area contributed by atoms with Crippen LogP contribution in [0.3, 0.4) is 0 Å². The van der Waals surface area contributed by atoms with E-state index in [1.165, 1.54) is 19.1 Å². The highest BCUT2D eigenvalue weighted by Crippen LogP contribution is 2.17. The Balaban J connectivity index is 2.07. The van der Waals surface area contributed by atoms with Crippen molar-refractivity contribution in [1.29, 1.82) is 0 Å². The number of sulfonamides is 1. The number of hydrogen-bond acceptors (Lipinski definition) is 4. The molecule has 0 spiro atoms. The Hall–Kier alpha value is -2.71. The first-order valence-corrected chi connectivity index (χ1v) is 9.23. The van der Waals surface area contributed by atoms with Crippen molar-refractivity contribution in [1.82, 2.24) is 5.06 Å². The van der Waals surface area contributed by atoms with Crippen molar-refractivity contribution in [2.75, 3.05) is 4.72 Å². The van der Waals surface area contributed by atoms with Gasteiger partial charge in [-0.2, -0.15) is 0 Å². The summed E-state index contributed by atoms with van der Waals surface area (Å²) >= 11 is 0. The van der Waals surface area contributed by atoms with Crippen LogP contribution >= 0.6 is 0 Å². The standard InChI is InChI=1S/C18H19FN2O4S/c1-13(21(23)14(2)22)3-4-15-5-9-17(10-6-15)20-26(24,25)18-11-7-16(19)8-12-18/h3-13,20,23H,1-2H3/b4-3+. The van der Waals surface area contributed by atoms with E-state index in [1.54, 1.807) is 43.3 Å². The summed E-state index contributed by atoms with van der Waals surface area (Å²) in [5, 5.41) is 10.1. The Morgan fingerprint density at radius 3 is 2.27 bits per heavy atom. The Morgan fingerprint density at radius 2 is 1.73 bits per heavy atom. The molecule has 2 rings (SSSR count). The van der Waals surface area contributed by atoms with Gasteiger partial charge in [-0.25, -0.2) is 17.9 Å². The maximum absolute atomic E-state index is 12.9. The minimum atomic E-state index is -3.80. The summed E-state index contributed by atoms with van der Waals surface area (Å²) in [6.45, 7) is 2.91. The molecule has 0 heterocycles. The van der Waals surface area contributed by atoms with Crippen LogP contribution in [-0.4, -0.2) is 30.6 Å². The number of carbonyl (C=O) groups is 1. The molecule has 1 atom stereocenters. The smallest absolute Gasteiger partial charge is 0.261 e. The van der Waals surface area contributed by atoms with Crippen molar-refractivity contribution in [3.05, 3.63) is 66.0 Å². The lowest BCUT2D eigenvalue weighted by atomic mass is 10.1. The number of anilines is 1. The van der Waals surface area contributed by atoms with E-state index in [-0.39, 0.29) is 4.90 Å². The van der Waals surface area contributed by atoms with Gasteiger partial charge in [-0.05, 0) is 48.9 Å².